The SMILES string of the molecule is CCc1ccc(N)cc1S(=O)(=O)Nc1nncs1. The molecule has 6 nitrogen and oxygen atoms in total. The number of nitrogens with one attached hydrogen (secondary N) is 1. The quantitative estimate of drug-likeness (QED) is 0.829. The van der Waals surface area contributed by atoms with Crippen LogP contribution in [0, 0.1) is 0 Å². The van der Waals surface area contributed by atoms with Crippen LogP contribution in [0.15, 0.2) is 28.6 Å². The number of sulfonamides is 1. The summed E-state index contributed by atoms with van der Waals surface area (Å²) in [4.78, 5) is 0.181. The Morgan fingerprint density at radius 2 is 2.22 bits per heavy atom. The van der Waals surface area contributed by atoms with Gasteiger partial charge in [-0.3, -0.25) is 4.72 Å². The third kappa shape index (κ3) is 2.59. The lowest BCUT2D eigenvalue weighted by Gasteiger charge is -2.10. The lowest BCUT2D eigenvalue weighted by Crippen LogP contribution is -2.15. The lowest BCUT2D eigenvalue weighted by atomic mass is 10.1. The Labute approximate surface area is 109 Å². The highest BCUT2D eigenvalue weighted by Gasteiger charge is 2.19. The highest BCUT2D eigenvalue weighted by atomic mass is 32.2. The maximum atomic E-state index is 12.2. The zero-order valence-electron chi connectivity index (χ0n) is 9.62. The Bertz CT molecular complexity index is 638. The molecule has 0 saturated heterocycles. The molecule has 0 unspecified atom stereocenters. The maximum absolute atomic E-state index is 12.2. The number of nitrogen functional groups attached to an aromatic ring is 1. The molecule has 2 aromatic rings. The second-order valence-electron chi connectivity index (χ2n) is 3.57. The molecule has 0 saturated carbocycles. The van der Waals surface area contributed by atoms with E-state index in [4.69, 9.17) is 5.73 Å². The topological polar surface area (TPSA) is 98.0 Å². The maximum Gasteiger partial charge on any atom is 0.264 e. The summed E-state index contributed by atoms with van der Waals surface area (Å²) >= 11 is 1.12. The summed E-state index contributed by atoms with van der Waals surface area (Å²) in [6.45, 7) is 1.88. The Balaban J connectivity index is 2.43. The summed E-state index contributed by atoms with van der Waals surface area (Å²) in [6.07, 6.45) is 0.604. The normalized spacial score (nSPS) is 11.4. The van der Waals surface area contributed by atoms with Gasteiger partial charge in [-0.05, 0) is 24.1 Å². The molecule has 1 aromatic heterocycles. The number of anilines is 2. The van der Waals surface area contributed by atoms with Gasteiger partial charge in [-0.15, -0.1) is 10.2 Å². The van der Waals surface area contributed by atoms with E-state index in [0.717, 1.165) is 11.3 Å². The van der Waals surface area contributed by atoms with E-state index in [-0.39, 0.29) is 10.0 Å². The largest absolute Gasteiger partial charge is 0.399 e. The van der Waals surface area contributed by atoms with Crippen LogP contribution in [-0.4, -0.2) is 18.6 Å². The smallest absolute Gasteiger partial charge is 0.264 e. The van der Waals surface area contributed by atoms with Gasteiger partial charge in [0.05, 0.1) is 4.90 Å². The van der Waals surface area contributed by atoms with Gasteiger partial charge in [0.15, 0.2) is 0 Å². The average Bonchev–Trinajstić information content (AvgIpc) is 2.81. The van der Waals surface area contributed by atoms with Crippen LogP contribution in [0.3, 0.4) is 0 Å². The van der Waals surface area contributed by atoms with E-state index in [1.54, 1.807) is 12.1 Å². The van der Waals surface area contributed by atoms with Crippen LogP contribution in [0.25, 0.3) is 0 Å². The molecular formula is C10H12N4O2S2. The van der Waals surface area contributed by atoms with Gasteiger partial charge in [0.25, 0.3) is 10.0 Å². The van der Waals surface area contributed by atoms with Gasteiger partial charge in [0, 0.05) is 5.69 Å². The fourth-order valence-electron chi connectivity index (χ4n) is 1.50. The number of nitrogens with two attached hydrogens (primary N) is 1. The number of nitrogens with zero attached hydrogens (tertiary/aromatic N) is 2. The van der Waals surface area contributed by atoms with Crippen molar-refractivity contribution in [3.63, 3.8) is 0 Å². The third-order valence-corrected chi connectivity index (χ3v) is 4.50. The van der Waals surface area contributed by atoms with E-state index < -0.39 is 10.0 Å². The highest BCUT2D eigenvalue weighted by Crippen LogP contribution is 2.23. The molecular weight excluding hydrogens is 272 g/mol. The van der Waals surface area contributed by atoms with Crippen LogP contribution < -0.4 is 10.5 Å². The first-order valence-corrected chi connectivity index (χ1v) is 7.56. The number of aryl methyl sites for hydroxylation is 1. The predicted octanol–water partition coefficient (Wildman–Crippen LogP) is 1.48. The number of benzene rings is 1. The second kappa shape index (κ2) is 4.91. The second-order valence-corrected chi connectivity index (χ2v) is 6.05. The predicted molar refractivity (Wildman–Crippen MR) is 70.9 cm³/mol. The van der Waals surface area contributed by atoms with Crippen LogP contribution in [-0.2, 0) is 16.4 Å². The van der Waals surface area contributed by atoms with Gasteiger partial charge < -0.3 is 5.73 Å². The van der Waals surface area contributed by atoms with Gasteiger partial charge in [0.2, 0.25) is 5.13 Å². The molecule has 0 aliphatic carbocycles. The van der Waals surface area contributed by atoms with E-state index >= 15 is 0 Å². The highest BCUT2D eigenvalue weighted by molar-refractivity contribution is 7.93. The van der Waals surface area contributed by atoms with E-state index in [9.17, 15) is 8.42 Å². The molecule has 0 radical (unpaired) electrons. The molecule has 0 aliphatic heterocycles. The summed E-state index contributed by atoms with van der Waals surface area (Å²) in [7, 11) is -3.67. The first kappa shape index (κ1) is 12.8. The van der Waals surface area contributed by atoms with Crippen molar-refractivity contribution >= 4 is 32.2 Å². The molecule has 8 heteroatoms. The lowest BCUT2D eigenvalue weighted by molar-refractivity contribution is 0.600. The Kier molecular flexibility index (Phi) is 3.48. The van der Waals surface area contributed by atoms with Crippen molar-refractivity contribution in [1.29, 1.82) is 0 Å². The molecule has 0 fully saturated rings. The minimum atomic E-state index is -3.67. The van der Waals surface area contributed by atoms with Crippen molar-refractivity contribution in [2.75, 3.05) is 10.5 Å². The molecule has 1 aromatic carbocycles. The summed E-state index contributed by atoms with van der Waals surface area (Å²) in [5.41, 5.74) is 8.21. The van der Waals surface area contributed by atoms with E-state index in [0.29, 0.717) is 17.7 Å². The monoisotopic (exact) mass is 284 g/mol. The molecule has 96 valence electrons. The molecule has 18 heavy (non-hydrogen) atoms. The van der Waals surface area contributed by atoms with Crippen molar-refractivity contribution < 1.29 is 8.42 Å². The molecule has 0 aliphatic rings. The first-order chi connectivity index (χ1) is 8.53. The Morgan fingerprint density at radius 1 is 1.44 bits per heavy atom. The summed E-state index contributed by atoms with van der Waals surface area (Å²) in [6, 6.07) is 4.84. The van der Waals surface area contributed by atoms with Crippen molar-refractivity contribution in [3.8, 4) is 0 Å². The van der Waals surface area contributed by atoms with Crippen molar-refractivity contribution in [2.45, 2.75) is 18.2 Å². The molecule has 0 spiro atoms. The van der Waals surface area contributed by atoms with Gasteiger partial charge in [-0.25, -0.2) is 8.42 Å². The molecule has 2 rings (SSSR count). The molecule has 0 atom stereocenters. The van der Waals surface area contributed by atoms with Gasteiger partial charge >= 0.3 is 0 Å². The Morgan fingerprint density at radius 3 is 2.83 bits per heavy atom. The standard InChI is InChI=1S/C10H12N4O2S2/c1-2-7-3-4-8(11)5-9(7)18(15,16)14-10-13-12-6-17-10/h3-6H,2,11H2,1H3,(H,13,14). The molecule has 1 heterocycles. The fraction of sp³-hybridized carbons (Fsp3) is 0.200. The van der Waals surface area contributed by atoms with Crippen LogP contribution >= 0.6 is 11.3 Å². The minimum absolute atomic E-state index is 0.181. The Hall–Kier alpha value is -1.67. The van der Waals surface area contributed by atoms with E-state index in [2.05, 4.69) is 14.9 Å². The molecule has 3 N–H and O–H groups in total. The third-order valence-electron chi connectivity index (χ3n) is 2.34. The minimum Gasteiger partial charge on any atom is -0.399 e. The number of hydrogen-bond acceptors (Lipinski definition) is 6. The molecule has 0 amide bonds. The zero-order valence-corrected chi connectivity index (χ0v) is 11.3. The molecule has 0 bridgehead atoms. The fourth-order valence-corrected chi connectivity index (χ4v) is 3.54. The number of aromatic nitrogens is 2. The van der Waals surface area contributed by atoms with Gasteiger partial charge in [-0.1, -0.05) is 24.3 Å². The summed E-state index contributed by atoms with van der Waals surface area (Å²) in [5, 5.41) is 7.46. The number of rotatable bonds is 4. The average molecular weight is 284 g/mol. The van der Waals surface area contributed by atoms with Crippen LogP contribution in [0.4, 0.5) is 10.8 Å². The summed E-state index contributed by atoms with van der Waals surface area (Å²) < 4.78 is 26.8. The first-order valence-electron chi connectivity index (χ1n) is 5.20. The van der Waals surface area contributed by atoms with Crippen LogP contribution in [0.5, 0.6) is 0 Å². The van der Waals surface area contributed by atoms with Gasteiger partial charge in [0.1, 0.15) is 5.51 Å². The van der Waals surface area contributed by atoms with Crippen molar-refractivity contribution in [3.05, 3.63) is 29.3 Å². The van der Waals surface area contributed by atoms with Gasteiger partial charge in [-0.2, -0.15) is 0 Å². The van der Waals surface area contributed by atoms with E-state index in [1.807, 2.05) is 6.92 Å². The van der Waals surface area contributed by atoms with Crippen LogP contribution in [0.1, 0.15) is 12.5 Å². The number of hydrogen-bond donors (Lipinski definition) is 2. The zero-order chi connectivity index (χ0) is 13.2. The van der Waals surface area contributed by atoms with Crippen molar-refractivity contribution in [2.24, 2.45) is 0 Å². The summed E-state index contributed by atoms with van der Waals surface area (Å²) in [5.74, 6) is 0. The van der Waals surface area contributed by atoms with Crippen LogP contribution in [0.2, 0.25) is 0 Å². The van der Waals surface area contributed by atoms with E-state index in [1.165, 1.54) is 11.6 Å². The van der Waals surface area contributed by atoms with Crippen molar-refractivity contribution in [1.82, 2.24) is 10.2 Å².